The number of hydrogen-bond donors (Lipinski definition) is 4. The van der Waals surface area contributed by atoms with E-state index in [1.165, 1.54) is 30.3 Å². The molecule has 0 aromatic heterocycles. The summed E-state index contributed by atoms with van der Waals surface area (Å²) < 4.78 is 0. The van der Waals surface area contributed by atoms with E-state index in [1.54, 1.807) is 0 Å². The van der Waals surface area contributed by atoms with Crippen molar-refractivity contribution in [1.29, 1.82) is 0 Å². The van der Waals surface area contributed by atoms with Gasteiger partial charge in [-0.05, 0) is 36.5 Å². The van der Waals surface area contributed by atoms with E-state index < -0.39 is 29.5 Å². The van der Waals surface area contributed by atoms with Gasteiger partial charge in [0.1, 0.15) is 0 Å². The molecule has 0 spiro atoms. The lowest BCUT2D eigenvalue weighted by atomic mass is 9.97. The number of rotatable bonds is 10. The lowest BCUT2D eigenvalue weighted by Gasteiger charge is -2.07. The molecule has 4 N–H and O–H groups in total. The van der Waals surface area contributed by atoms with E-state index in [0.717, 1.165) is 0 Å². The zero-order chi connectivity index (χ0) is 19.7. The molecule has 0 atom stereocenters. The van der Waals surface area contributed by atoms with Gasteiger partial charge in [0.05, 0.1) is 11.1 Å². The minimum Gasteiger partial charge on any atom is -0.481 e. The average Bonchev–Trinajstić information content (AvgIpc) is 2.55. The zero-order valence-corrected chi connectivity index (χ0v) is 13.7. The topological polar surface area (TPSA) is 149 Å². The van der Waals surface area contributed by atoms with Crippen LogP contribution < -0.4 is 0 Å². The molecule has 0 saturated heterocycles. The fourth-order valence-corrected chi connectivity index (χ4v) is 2.24. The van der Waals surface area contributed by atoms with Crippen molar-refractivity contribution in [3.05, 3.63) is 47.5 Å². The fourth-order valence-electron chi connectivity index (χ4n) is 2.24. The highest BCUT2D eigenvalue weighted by atomic mass is 16.4. The Kier molecular flexibility index (Phi) is 7.75. The van der Waals surface area contributed by atoms with E-state index in [4.69, 9.17) is 15.3 Å². The van der Waals surface area contributed by atoms with Crippen molar-refractivity contribution >= 4 is 35.0 Å². The van der Waals surface area contributed by atoms with Crippen LogP contribution in [0.5, 0.6) is 0 Å². The van der Waals surface area contributed by atoms with Crippen LogP contribution in [-0.4, -0.2) is 44.3 Å². The van der Waals surface area contributed by atoms with E-state index in [9.17, 15) is 24.3 Å². The summed E-state index contributed by atoms with van der Waals surface area (Å²) in [5, 5.41) is 35.9. The third-order valence-corrected chi connectivity index (χ3v) is 3.41. The third kappa shape index (κ3) is 6.60. The first-order valence-electron chi connectivity index (χ1n) is 7.66. The van der Waals surface area contributed by atoms with Gasteiger partial charge in [-0.3, -0.25) is 4.79 Å². The van der Waals surface area contributed by atoms with Crippen molar-refractivity contribution in [2.45, 2.75) is 25.7 Å². The highest BCUT2D eigenvalue weighted by Crippen LogP contribution is 2.22. The van der Waals surface area contributed by atoms with Crippen LogP contribution in [0, 0.1) is 0 Å². The average molecular weight is 362 g/mol. The van der Waals surface area contributed by atoms with Crippen LogP contribution in [0.15, 0.2) is 36.4 Å². The van der Waals surface area contributed by atoms with Crippen molar-refractivity contribution in [1.82, 2.24) is 0 Å². The Morgan fingerprint density at radius 1 is 0.846 bits per heavy atom. The smallest absolute Gasteiger partial charge is 0.336 e. The van der Waals surface area contributed by atoms with Crippen LogP contribution >= 0.6 is 0 Å². The van der Waals surface area contributed by atoms with E-state index >= 15 is 0 Å². The van der Waals surface area contributed by atoms with E-state index in [2.05, 4.69) is 0 Å². The Labute approximate surface area is 148 Å². The summed E-state index contributed by atoms with van der Waals surface area (Å²) in [7, 11) is 0. The summed E-state index contributed by atoms with van der Waals surface area (Å²) >= 11 is 0. The van der Waals surface area contributed by atoms with Gasteiger partial charge in [-0.2, -0.15) is 0 Å². The molecule has 1 rings (SSSR count). The second-order valence-corrected chi connectivity index (χ2v) is 5.34. The number of hydrogen-bond acceptors (Lipinski definition) is 4. The molecular weight excluding hydrogens is 344 g/mol. The molecule has 1 aromatic rings. The summed E-state index contributed by atoms with van der Waals surface area (Å²) in [5.41, 5.74) is -0.242. The second kappa shape index (κ2) is 9.77. The molecule has 0 amide bonds. The van der Waals surface area contributed by atoms with E-state index in [-0.39, 0.29) is 23.1 Å². The van der Waals surface area contributed by atoms with Crippen molar-refractivity contribution in [2.24, 2.45) is 0 Å². The number of unbranched alkanes of at least 4 members (excludes halogenated alkanes) is 2. The molecule has 0 radical (unpaired) electrons. The van der Waals surface area contributed by atoms with Gasteiger partial charge in [-0.25, -0.2) is 14.4 Å². The fraction of sp³-hybridized carbons (Fsp3) is 0.222. The Morgan fingerprint density at radius 3 is 1.92 bits per heavy atom. The minimum absolute atomic E-state index is 0.00627. The van der Waals surface area contributed by atoms with Crippen molar-refractivity contribution in [2.75, 3.05) is 0 Å². The standard InChI is InChI=1S/C18H18O8/c19-15(20)8-3-1-2-7-13(17(23)24)11-5-4-6-12(9-11)14(18(25)26)10-16(21)22/h4-7,9-10H,1-3,8H2,(H,19,20)(H,21,22)(H,23,24)(H,25,26). The second-order valence-electron chi connectivity index (χ2n) is 5.34. The van der Waals surface area contributed by atoms with Gasteiger partial charge in [0.25, 0.3) is 0 Å². The minimum atomic E-state index is -1.45. The quantitative estimate of drug-likeness (QED) is 0.366. The lowest BCUT2D eigenvalue weighted by molar-refractivity contribution is -0.137. The summed E-state index contributed by atoms with van der Waals surface area (Å²) in [4.78, 5) is 43.9. The first-order chi connectivity index (χ1) is 12.2. The molecule has 0 aliphatic heterocycles. The highest BCUT2D eigenvalue weighted by molar-refractivity contribution is 6.20. The maximum Gasteiger partial charge on any atom is 0.336 e. The Bertz CT molecular complexity index is 773. The number of aliphatic carboxylic acids is 4. The molecule has 0 fully saturated rings. The molecule has 8 heteroatoms. The number of carboxylic acid groups (broad SMARTS) is 4. The normalized spacial score (nSPS) is 11.8. The van der Waals surface area contributed by atoms with Crippen LogP contribution in [0.1, 0.15) is 36.8 Å². The zero-order valence-electron chi connectivity index (χ0n) is 13.7. The molecular formula is C18H18O8. The van der Waals surface area contributed by atoms with Crippen LogP contribution in [0.3, 0.4) is 0 Å². The van der Waals surface area contributed by atoms with Crippen LogP contribution in [0.2, 0.25) is 0 Å². The molecule has 138 valence electrons. The molecule has 0 saturated carbocycles. The van der Waals surface area contributed by atoms with E-state index in [0.29, 0.717) is 25.3 Å². The summed E-state index contributed by atoms with van der Waals surface area (Å²) in [5.74, 6) is -5.02. The third-order valence-electron chi connectivity index (χ3n) is 3.41. The molecule has 0 aliphatic rings. The molecule has 1 aromatic carbocycles. The van der Waals surface area contributed by atoms with E-state index in [1.807, 2.05) is 0 Å². The Balaban J connectivity index is 3.10. The van der Waals surface area contributed by atoms with Crippen molar-refractivity contribution in [3.8, 4) is 0 Å². The molecule has 0 bridgehead atoms. The van der Waals surface area contributed by atoms with Crippen molar-refractivity contribution < 1.29 is 39.6 Å². The summed E-state index contributed by atoms with van der Waals surface area (Å²) in [6.07, 6.45) is 3.21. The van der Waals surface area contributed by atoms with Gasteiger partial charge in [0.15, 0.2) is 0 Å². The van der Waals surface area contributed by atoms with Gasteiger partial charge < -0.3 is 20.4 Å². The molecule has 0 aliphatic carbocycles. The van der Waals surface area contributed by atoms with Crippen LogP contribution in [0.25, 0.3) is 11.1 Å². The number of allylic oxidation sites excluding steroid dienone is 1. The monoisotopic (exact) mass is 362 g/mol. The largest absolute Gasteiger partial charge is 0.481 e. The lowest BCUT2D eigenvalue weighted by Crippen LogP contribution is -2.05. The predicted octanol–water partition coefficient (Wildman–Crippen LogP) is 2.35. The SMILES string of the molecule is O=C(O)C=C(C(=O)O)c1cccc(C(=CCCCCC(=O)O)C(=O)O)c1. The van der Waals surface area contributed by atoms with Gasteiger partial charge >= 0.3 is 23.9 Å². The predicted molar refractivity (Wildman–Crippen MR) is 91.4 cm³/mol. The molecule has 8 nitrogen and oxygen atoms in total. The van der Waals surface area contributed by atoms with Crippen molar-refractivity contribution in [3.63, 3.8) is 0 Å². The van der Waals surface area contributed by atoms with Gasteiger partial charge in [0, 0.05) is 12.5 Å². The first-order valence-corrected chi connectivity index (χ1v) is 7.66. The maximum atomic E-state index is 11.5. The number of carboxylic acids is 4. The Hall–Kier alpha value is -3.42. The molecule has 0 unspecified atom stereocenters. The highest BCUT2D eigenvalue weighted by Gasteiger charge is 2.16. The van der Waals surface area contributed by atoms with Crippen LogP contribution in [0.4, 0.5) is 0 Å². The first kappa shape index (κ1) is 20.6. The van der Waals surface area contributed by atoms with Gasteiger partial charge in [-0.15, -0.1) is 0 Å². The summed E-state index contributed by atoms with van der Waals surface area (Å²) in [6.45, 7) is 0. The number of carbonyl (C=O) groups is 4. The van der Waals surface area contributed by atoms with Crippen LogP contribution in [-0.2, 0) is 19.2 Å². The van der Waals surface area contributed by atoms with Gasteiger partial charge in [0.2, 0.25) is 0 Å². The maximum absolute atomic E-state index is 11.5. The van der Waals surface area contributed by atoms with Gasteiger partial charge in [-0.1, -0.05) is 24.3 Å². The molecule has 0 heterocycles. The Morgan fingerprint density at radius 2 is 1.42 bits per heavy atom. The molecule has 26 heavy (non-hydrogen) atoms. The number of benzene rings is 1. The summed E-state index contributed by atoms with van der Waals surface area (Å²) in [6, 6.07) is 5.57.